The molecule has 0 bridgehead atoms. The van der Waals surface area contributed by atoms with Gasteiger partial charge in [-0.1, -0.05) is 30.0 Å². The van der Waals surface area contributed by atoms with Crippen molar-refractivity contribution in [2.75, 3.05) is 11.1 Å². The number of nitrogens with one attached hydrogen (secondary N) is 1. The van der Waals surface area contributed by atoms with E-state index in [0.29, 0.717) is 5.69 Å². The Morgan fingerprint density at radius 1 is 1.12 bits per heavy atom. The number of aromatic nitrogens is 2. The van der Waals surface area contributed by atoms with Crippen LogP contribution in [0.4, 0.5) is 14.5 Å². The molecule has 5 nitrogen and oxygen atoms in total. The molecule has 3 rings (SSSR count). The quantitative estimate of drug-likeness (QED) is 0.712. The summed E-state index contributed by atoms with van der Waals surface area (Å²) in [4.78, 5) is 11.8. The maximum Gasteiger partial charge on any atom is 0.277 e. The number of anilines is 1. The first kappa shape index (κ1) is 16.1. The largest absolute Gasteiger partial charge is 0.411 e. The third kappa shape index (κ3) is 3.96. The van der Waals surface area contributed by atoms with Gasteiger partial charge in [0.05, 0.1) is 11.3 Å². The van der Waals surface area contributed by atoms with E-state index in [1.54, 1.807) is 18.2 Å². The molecule has 8 heteroatoms. The summed E-state index contributed by atoms with van der Waals surface area (Å²) in [6, 6.07) is 11.6. The SMILES string of the molecule is O=C(CSc1nnc(-c2ccccc2F)o1)Nc1cccc(F)c1. The number of halogens is 2. The zero-order valence-corrected chi connectivity index (χ0v) is 13.0. The summed E-state index contributed by atoms with van der Waals surface area (Å²) in [6.07, 6.45) is 0. The van der Waals surface area contributed by atoms with Gasteiger partial charge in [-0.15, -0.1) is 10.2 Å². The van der Waals surface area contributed by atoms with Gasteiger partial charge in [0.25, 0.3) is 11.1 Å². The molecule has 1 N–H and O–H groups in total. The summed E-state index contributed by atoms with van der Waals surface area (Å²) in [5, 5.41) is 10.2. The van der Waals surface area contributed by atoms with Gasteiger partial charge in [0, 0.05) is 5.69 Å². The van der Waals surface area contributed by atoms with Crippen molar-refractivity contribution >= 4 is 23.4 Å². The van der Waals surface area contributed by atoms with Crippen molar-refractivity contribution in [2.24, 2.45) is 0 Å². The molecule has 0 aliphatic rings. The van der Waals surface area contributed by atoms with Crippen molar-refractivity contribution < 1.29 is 18.0 Å². The van der Waals surface area contributed by atoms with Crippen molar-refractivity contribution in [3.8, 4) is 11.5 Å². The molecule has 2 aromatic carbocycles. The molecular formula is C16H11F2N3O2S. The minimum atomic E-state index is -0.471. The van der Waals surface area contributed by atoms with Crippen LogP contribution in [0.15, 0.2) is 58.2 Å². The van der Waals surface area contributed by atoms with Crippen LogP contribution in [0.2, 0.25) is 0 Å². The first-order valence-corrected chi connectivity index (χ1v) is 7.87. The van der Waals surface area contributed by atoms with Gasteiger partial charge < -0.3 is 9.73 Å². The van der Waals surface area contributed by atoms with E-state index in [1.807, 2.05) is 0 Å². The minimum Gasteiger partial charge on any atom is -0.411 e. The van der Waals surface area contributed by atoms with Gasteiger partial charge in [-0.3, -0.25) is 4.79 Å². The van der Waals surface area contributed by atoms with E-state index in [9.17, 15) is 13.6 Å². The second kappa shape index (κ2) is 7.22. The lowest BCUT2D eigenvalue weighted by Crippen LogP contribution is -2.14. The van der Waals surface area contributed by atoms with Crippen LogP contribution in [0, 0.1) is 11.6 Å². The maximum absolute atomic E-state index is 13.6. The number of rotatable bonds is 5. The van der Waals surface area contributed by atoms with Gasteiger partial charge in [0.15, 0.2) is 0 Å². The highest BCUT2D eigenvalue weighted by Gasteiger charge is 2.14. The third-order valence-corrected chi connectivity index (χ3v) is 3.76. The number of thioether (sulfide) groups is 1. The Morgan fingerprint density at radius 3 is 2.75 bits per heavy atom. The molecule has 1 amide bonds. The number of amides is 1. The molecule has 0 radical (unpaired) electrons. The summed E-state index contributed by atoms with van der Waals surface area (Å²) in [7, 11) is 0. The molecule has 24 heavy (non-hydrogen) atoms. The predicted molar refractivity (Wildman–Crippen MR) is 85.4 cm³/mol. The van der Waals surface area contributed by atoms with E-state index in [4.69, 9.17) is 4.42 Å². The van der Waals surface area contributed by atoms with E-state index >= 15 is 0 Å². The van der Waals surface area contributed by atoms with Crippen molar-refractivity contribution in [2.45, 2.75) is 5.22 Å². The fourth-order valence-corrected chi connectivity index (χ4v) is 2.47. The van der Waals surface area contributed by atoms with Gasteiger partial charge in [0.1, 0.15) is 11.6 Å². The minimum absolute atomic E-state index is 0.00455. The molecule has 1 heterocycles. The first-order chi connectivity index (χ1) is 11.6. The highest BCUT2D eigenvalue weighted by Crippen LogP contribution is 2.25. The summed E-state index contributed by atoms with van der Waals surface area (Å²) in [5.41, 5.74) is 0.555. The van der Waals surface area contributed by atoms with Crippen molar-refractivity contribution in [3.63, 3.8) is 0 Å². The average Bonchev–Trinajstić information content (AvgIpc) is 3.02. The fraction of sp³-hybridized carbons (Fsp3) is 0.0625. The lowest BCUT2D eigenvalue weighted by molar-refractivity contribution is -0.113. The zero-order chi connectivity index (χ0) is 16.9. The van der Waals surface area contributed by atoms with Crippen molar-refractivity contribution in [1.29, 1.82) is 0 Å². The zero-order valence-electron chi connectivity index (χ0n) is 12.2. The van der Waals surface area contributed by atoms with E-state index in [0.717, 1.165) is 11.8 Å². The van der Waals surface area contributed by atoms with Crippen LogP contribution >= 0.6 is 11.8 Å². The van der Waals surface area contributed by atoms with Crippen molar-refractivity contribution in [1.82, 2.24) is 10.2 Å². The number of benzene rings is 2. The molecule has 0 atom stereocenters. The Labute approximate surface area is 140 Å². The van der Waals surface area contributed by atoms with Gasteiger partial charge in [0.2, 0.25) is 5.91 Å². The summed E-state index contributed by atoms with van der Waals surface area (Å²) in [6.45, 7) is 0. The molecule has 0 spiro atoms. The van der Waals surface area contributed by atoms with Crippen LogP contribution in [0.25, 0.3) is 11.5 Å². The molecule has 3 aromatic rings. The van der Waals surface area contributed by atoms with Crippen LogP contribution < -0.4 is 5.32 Å². The monoisotopic (exact) mass is 347 g/mol. The summed E-state index contributed by atoms with van der Waals surface area (Å²) < 4.78 is 32.0. The predicted octanol–water partition coefficient (Wildman–Crippen LogP) is 3.75. The van der Waals surface area contributed by atoms with Crippen LogP contribution in [-0.2, 0) is 4.79 Å². The van der Waals surface area contributed by atoms with Crippen molar-refractivity contribution in [3.05, 3.63) is 60.2 Å². The maximum atomic E-state index is 13.6. The Kier molecular flexibility index (Phi) is 4.85. The molecular weight excluding hydrogens is 336 g/mol. The smallest absolute Gasteiger partial charge is 0.277 e. The van der Waals surface area contributed by atoms with Gasteiger partial charge in [-0.2, -0.15) is 0 Å². The lowest BCUT2D eigenvalue weighted by Gasteiger charge is -2.03. The molecule has 0 unspecified atom stereocenters. The van der Waals surface area contributed by atoms with E-state index < -0.39 is 11.6 Å². The standard InChI is InChI=1S/C16H11F2N3O2S/c17-10-4-3-5-11(8-10)19-14(22)9-24-16-21-20-15(23-16)12-6-1-2-7-13(12)18/h1-8H,9H2,(H,19,22). The van der Waals surface area contributed by atoms with Crippen LogP contribution in [0.3, 0.4) is 0 Å². The number of carbonyl (C=O) groups is 1. The molecule has 0 saturated heterocycles. The average molecular weight is 347 g/mol. The fourth-order valence-electron chi connectivity index (χ4n) is 1.90. The van der Waals surface area contributed by atoms with E-state index in [-0.39, 0.29) is 28.3 Å². The van der Waals surface area contributed by atoms with Crippen LogP contribution in [0.5, 0.6) is 0 Å². The summed E-state index contributed by atoms with van der Waals surface area (Å²) >= 11 is 1.00. The molecule has 1 aromatic heterocycles. The van der Waals surface area contributed by atoms with Gasteiger partial charge in [-0.05, 0) is 30.3 Å². The molecule has 0 aliphatic carbocycles. The lowest BCUT2D eigenvalue weighted by atomic mass is 10.2. The Hall–Kier alpha value is -2.74. The number of hydrogen-bond donors (Lipinski definition) is 1. The highest BCUT2D eigenvalue weighted by molar-refractivity contribution is 7.99. The molecule has 0 aliphatic heterocycles. The number of nitrogens with zero attached hydrogens (tertiary/aromatic N) is 2. The number of hydrogen-bond acceptors (Lipinski definition) is 5. The molecule has 0 fully saturated rings. The van der Waals surface area contributed by atoms with E-state index in [2.05, 4.69) is 15.5 Å². The van der Waals surface area contributed by atoms with Gasteiger partial charge >= 0.3 is 0 Å². The molecule has 0 saturated carbocycles. The number of carbonyl (C=O) groups excluding carboxylic acids is 1. The second-order valence-electron chi connectivity index (χ2n) is 4.70. The van der Waals surface area contributed by atoms with E-state index in [1.165, 1.54) is 30.3 Å². The highest BCUT2D eigenvalue weighted by atomic mass is 32.2. The normalized spacial score (nSPS) is 10.6. The third-order valence-electron chi connectivity index (χ3n) is 2.95. The Morgan fingerprint density at radius 2 is 1.96 bits per heavy atom. The second-order valence-corrected chi connectivity index (χ2v) is 5.63. The topological polar surface area (TPSA) is 68.0 Å². The van der Waals surface area contributed by atoms with Gasteiger partial charge in [-0.25, -0.2) is 8.78 Å². The first-order valence-electron chi connectivity index (χ1n) is 6.88. The van der Waals surface area contributed by atoms with Crippen LogP contribution in [0.1, 0.15) is 0 Å². The Balaban J connectivity index is 1.59. The Bertz CT molecular complexity index is 870. The van der Waals surface area contributed by atoms with Crippen LogP contribution in [-0.4, -0.2) is 21.9 Å². The summed E-state index contributed by atoms with van der Waals surface area (Å²) in [5.74, 6) is -1.22. The molecule has 122 valence electrons.